The van der Waals surface area contributed by atoms with Crippen LogP contribution in [0.2, 0.25) is 0 Å². The van der Waals surface area contributed by atoms with Gasteiger partial charge < -0.3 is 20.5 Å². The third kappa shape index (κ3) is 10.7. The fraction of sp³-hybridized carbons (Fsp3) is 0.283. The molecule has 3 saturated heterocycles. The Morgan fingerprint density at radius 2 is 0.983 bits per heavy atom. The molecule has 1 radical (unpaired) electrons. The first-order valence-corrected chi connectivity index (χ1v) is 21.0. The zero-order chi connectivity index (χ0) is 38.5. The van der Waals surface area contributed by atoms with Gasteiger partial charge in [-0.2, -0.15) is 102 Å². The summed E-state index contributed by atoms with van der Waals surface area (Å²) in [6.45, 7) is 3.06. The summed E-state index contributed by atoms with van der Waals surface area (Å²) >= 11 is 0. The summed E-state index contributed by atoms with van der Waals surface area (Å²) in [6.07, 6.45) is 15.6. The Morgan fingerprint density at radius 3 is 1.52 bits per heavy atom. The number of benzene rings is 6. The predicted octanol–water partition coefficient (Wildman–Crippen LogP) is 14.5. The van der Waals surface area contributed by atoms with Crippen molar-refractivity contribution in [3.8, 4) is 5.69 Å². The Hall–Kier alpha value is -4.61. The number of aromatic nitrogens is 1. The van der Waals surface area contributed by atoms with Crippen molar-refractivity contribution in [2.24, 2.45) is 0 Å². The van der Waals surface area contributed by atoms with Gasteiger partial charge in [0.1, 0.15) is 0 Å². The number of piperidine rings is 3. The van der Waals surface area contributed by atoms with Gasteiger partial charge in [0, 0.05) is 36.6 Å². The first kappa shape index (κ1) is 41.5. The van der Waals surface area contributed by atoms with Gasteiger partial charge in [0.2, 0.25) is 0 Å². The van der Waals surface area contributed by atoms with E-state index in [4.69, 9.17) is 5.32 Å². The molecule has 0 bridgehead atoms. The van der Waals surface area contributed by atoms with Gasteiger partial charge in [-0.1, -0.05) is 106 Å². The largest absolute Gasteiger partial charge is 0.657 e. The molecular weight excluding hydrogens is 885 g/mol. The number of para-hydroxylation sites is 2. The molecule has 3 fully saturated rings. The zero-order valence-corrected chi connectivity index (χ0v) is 35.7. The van der Waals surface area contributed by atoms with Gasteiger partial charge in [0.25, 0.3) is 0 Å². The van der Waals surface area contributed by atoms with Crippen LogP contribution in [0.15, 0.2) is 140 Å². The smallest absolute Gasteiger partial charge is 0.0541 e. The predicted molar refractivity (Wildman–Crippen MR) is 240 cm³/mol. The molecule has 3 aliphatic rings. The zero-order valence-electron chi connectivity index (χ0n) is 33.3. The number of hydrogen-bond donors (Lipinski definition) is 0. The van der Waals surface area contributed by atoms with Crippen molar-refractivity contribution in [1.82, 2.24) is 4.57 Å². The van der Waals surface area contributed by atoms with Crippen LogP contribution in [0.5, 0.6) is 0 Å². The standard InChI is InChI=1S/C31H26N2.2C11H13N.Ir/c1-2-8-26(9-3-1)33-30-12-5-4-10-27(30)28-22-24(17-20-31(28)33)14-13-23-15-18-25(19-16-23)29-11-6-7-21-32-29;2*1-2-6-10(7-3-1)11-8-4-5-9-12-11;/h1-5,8-10,12-18,20,22,29H,6-7,11,21H2;2*1-3,6,11H,4-5,8-9H2;/q3*-2;/b14-13+;;;. The summed E-state index contributed by atoms with van der Waals surface area (Å²) in [5.74, 6) is 0. The van der Waals surface area contributed by atoms with Crippen molar-refractivity contribution >= 4 is 34.0 Å². The monoisotopic (exact) mass is 937 g/mol. The third-order valence-corrected chi connectivity index (χ3v) is 11.3. The quantitative estimate of drug-likeness (QED) is 0.118. The molecule has 5 heteroatoms. The van der Waals surface area contributed by atoms with Crippen molar-refractivity contribution in [2.75, 3.05) is 19.6 Å². The topological polar surface area (TPSA) is 47.2 Å². The normalized spacial score (nSPS) is 19.3. The third-order valence-electron chi connectivity index (χ3n) is 11.3. The van der Waals surface area contributed by atoms with E-state index in [-0.39, 0.29) is 20.1 Å². The maximum absolute atomic E-state index is 4.75. The van der Waals surface area contributed by atoms with Crippen molar-refractivity contribution in [3.63, 3.8) is 0 Å². The Bertz CT molecular complexity index is 2230. The molecule has 3 atom stereocenters. The Labute approximate surface area is 359 Å². The molecule has 3 aliphatic heterocycles. The Kier molecular flexibility index (Phi) is 15.3. The van der Waals surface area contributed by atoms with Gasteiger partial charge in [0.15, 0.2) is 0 Å². The van der Waals surface area contributed by atoms with Crippen molar-refractivity contribution in [1.29, 1.82) is 0 Å². The molecule has 6 aromatic carbocycles. The molecule has 3 unspecified atom stereocenters. The van der Waals surface area contributed by atoms with Crippen LogP contribution in [0, 0.1) is 18.2 Å². The summed E-state index contributed by atoms with van der Waals surface area (Å²) in [5.41, 5.74) is 9.77. The van der Waals surface area contributed by atoms with E-state index < -0.39 is 0 Å². The molecular formula is C53H52IrN4-6. The molecule has 299 valence electrons. The molecule has 0 aliphatic carbocycles. The average molecular weight is 937 g/mol. The van der Waals surface area contributed by atoms with E-state index in [0.29, 0.717) is 18.1 Å². The van der Waals surface area contributed by atoms with Crippen LogP contribution in [-0.2, 0) is 20.1 Å². The van der Waals surface area contributed by atoms with Crippen molar-refractivity contribution in [2.45, 2.75) is 75.9 Å². The van der Waals surface area contributed by atoms with E-state index in [0.717, 1.165) is 26.1 Å². The fourth-order valence-corrected chi connectivity index (χ4v) is 8.26. The second-order valence-electron chi connectivity index (χ2n) is 15.3. The van der Waals surface area contributed by atoms with Crippen LogP contribution in [0.25, 0.3) is 55.6 Å². The second-order valence-corrected chi connectivity index (χ2v) is 15.3. The molecule has 4 heterocycles. The minimum atomic E-state index is 0. The molecule has 0 saturated carbocycles. The SMILES string of the molecule is [Ir].[c-]1cc(/C=C/c2ccc3c(c2)c2ccccc2n3-c2ccccc2)ccc1C1CCCC[N-]1.[c-]1ccccc1C1CCCC[N-]1.[c-]1ccccc1C1CCCC[N-]1. The second kappa shape index (κ2) is 21.4. The number of nitrogens with zero attached hydrogens (tertiary/aromatic N) is 4. The molecule has 4 nitrogen and oxygen atoms in total. The maximum Gasteiger partial charge on any atom is 0.0541 e. The number of rotatable bonds is 6. The summed E-state index contributed by atoms with van der Waals surface area (Å²) in [6, 6.07) is 59.9. The van der Waals surface area contributed by atoms with Gasteiger partial charge in [-0.3, -0.25) is 0 Å². The van der Waals surface area contributed by atoms with Gasteiger partial charge in [0.05, 0.1) is 11.0 Å². The molecule has 10 rings (SSSR count). The van der Waals surface area contributed by atoms with Crippen LogP contribution in [0.3, 0.4) is 0 Å². The Balaban J connectivity index is 0.000000167. The molecule has 58 heavy (non-hydrogen) atoms. The van der Waals surface area contributed by atoms with E-state index in [2.05, 4.69) is 161 Å². The first-order chi connectivity index (χ1) is 28.3. The van der Waals surface area contributed by atoms with Crippen LogP contribution in [0.1, 0.15) is 104 Å². The van der Waals surface area contributed by atoms with Gasteiger partial charge in [-0.15, -0.1) is 49.4 Å². The van der Waals surface area contributed by atoms with E-state index in [1.807, 2.05) is 24.3 Å². The van der Waals surface area contributed by atoms with Crippen LogP contribution in [0.4, 0.5) is 0 Å². The molecule has 1 aromatic heterocycles. The maximum atomic E-state index is 4.75. The Morgan fingerprint density at radius 1 is 0.466 bits per heavy atom. The molecule has 0 N–H and O–H groups in total. The summed E-state index contributed by atoms with van der Waals surface area (Å²) in [4.78, 5) is 0. The van der Waals surface area contributed by atoms with E-state index in [1.165, 1.54) is 107 Å². The minimum absolute atomic E-state index is 0. The summed E-state index contributed by atoms with van der Waals surface area (Å²) < 4.78 is 2.35. The summed E-state index contributed by atoms with van der Waals surface area (Å²) in [7, 11) is 0. The van der Waals surface area contributed by atoms with Crippen LogP contribution >= 0.6 is 0 Å². The summed E-state index contributed by atoms with van der Waals surface area (Å²) in [5, 5.41) is 16.4. The minimum Gasteiger partial charge on any atom is -0.657 e. The van der Waals surface area contributed by atoms with E-state index in [1.54, 1.807) is 0 Å². The number of hydrogen-bond acceptors (Lipinski definition) is 0. The van der Waals surface area contributed by atoms with E-state index in [9.17, 15) is 0 Å². The van der Waals surface area contributed by atoms with Gasteiger partial charge in [-0.05, 0) is 35.9 Å². The van der Waals surface area contributed by atoms with Crippen LogP contribution in [-0.4, -0.2) is 24.2 Å². The van der Waals surface area contributed by atoms with Crippen molar-refractivity contribution < 1.29 is 20.1 Å². The van der Waals surface area contributed by atoms with Crippen LogP contribution < -0.4 is 0 Å². The van der Waals surface area contributed by atoms with Gasteiger partial charge in [-0.25, -0.2) is 0 Å². The van der Waals surface area contributed by atoms with E-state index >= 15 is 0 Å². The average Bonchev–Trinajstić information content (AvgIpc) is 3.64. The number of fused-ring (bicyclic) bond motifs is 3. The molecule has 0 spiro atoms. The van der Waals surface area contributed by atoms with Crippen molar-refractivity contribution in [3.05, 3.63) is 201 Å². The fourth-order valence-electron chi connectivity index (χ4n) is 8.26. The van der Waals surface area contributed by atoms with Gasteiger partial charge >= 0.3 is 0 Å². The first-order valence-electron chi connectivity index (χ1n) is 21.0. The molecule has 0 amide bonds. The molecule has 7 aromatic rings.